The van der Waals surface area contributed by atoms with Crippen molar-refractivity contribution in [2.24, 2.45) is 0 Å². The summed E-state index contributed by atoms with van der Waals surface area (Å²) in [6.07, 6.45) is 1.87. The zero-order valence-corrected chi connectivity index (χ0v) is 13.1. The van der Waals surface area contributed by atoms with Crippen molar-refractivity contribution in [2.45, 2.75) is 23.1 Å². The average molecular weight is 331 g/mol. The van der Waals surface area contributed by atoms with Crippen LogP contribution in [0.15, 0.2) is 28.5 Å². The highest BCUT2D eigenvalue weighted by molar-refractivity contribution is 7.91. The minimum absolute atomic E-state index is 0.0254. The van der Waals surface area contributed by atoms with Crippen LogP contribution in [0.4, 0.5) is 0 Å². The number of nitrogens with one attached hydrogen (secondary N) is 2. The second kappa shape index (κ2) is 5.61. The molecular weight excluding hydrogens is 316 g/mol. The van der Waals surface area contributed by atoms with Crippen LogP contribution in [-0.4, -0.2) is 27.5 Å². The van der Waals surface area contributed by atoms with Crippen LogP contribution in [-0.2, 0) is 10.0 Å². The molecule has 1 aromatic heterocycles. The van der Waals surface area contributed by atoms with Crippen LogP contribution in [0.5, 0.6) is 0 Å². The van der Waals surface area contributed by atoms with Gasteiger partial charge in [-0.15, -0.1) is 11.3 Å². The number of hydrogen-bond donors (Lipinski definition) is 2. The van der Waals surface area contributed by atoms with E-state index in [0.717, 1.165) is 29.5 Å². The predicted octanol–water partition coefficient (Wildman–Crippen LogP) is 2.59. The highest BCUT2D eigenvalue weighted by Gasteiger charge is 2.23. The van der Waals surface area contributed by atoms with Gasteiger partial charge < -0.3 is 5.32 Å². The molecule has 1 saturated heterocycles. The van der Waals surface area contributed by atoms with Gasteiger partial charge in [-0.25, -0.2) is 13.1 Å². The van der Waals surface area contributed by atoms with Crippen molar-refractivity contribution in [3.63, 3.8) is 0 Å². The van der Waals surface area contributed by atoms with Crippen LogP contribution < -0.4 is 10.0 Å². The molecule has 0 bridgehead atoms. The lowest BCUT2D eigenvalue weighted by Gasteiger charge is -2.23. The van der Waals surface area contributed by atoms with Crippen molar-refractivity contribution < 1.29 is 8.42 Å². The second-order valence-corrected chi connectivity index (χ2v) is 8.37. The SMILES string of the molecule is O=S(=O)(NC1CCCNC1)c1cc2cc(Cl)ccc2s1. The molecule has 1 atom stereocenters. The first-order chi connectivity index (χ1) is 9.54. The summed E-state index contributed by atoms with van der Waals surface area (Å²) < 4.78 is 28.8. The van der Waals surface area contributed by atoms with Gasteiger partial charge in [0, 0.05) is 22.3 Å². The summed E-state index contributed by atoms with van der Waals surface area (Å²) in [6, 6.07) is 7.07. The lowest BCUT2D eigenvalue weighted by molar-refractivity contribution is 0.429. The Hall–Kier alpha value is -0.660. The number of thiophene rings is 1. The van der Waals surface area contributed by atoms with Gasteiger partial charge in [-0.3, -0.25) is 0 Å². The molecule has 0 spiro atoms. The third kappa shape index (κ3) is 2.99. The topological polar surface area (TPSA) is 58.2 Å². The maximum Gasteiger partial charge on any atom is 0.250 e. The molecule has 4 nitrogen and oxygen atoms in total. The standard InChI is InChI=1S/C13H15ClN2O2S2/c14-10-3-4-12-9(6-10)7-13(19-12)20(17,18)16-11-2-1-5-15-8-11/h3-4,6-7,11,15-16H,1-2,5,8H2. The van der Waals surface area contributed by atoms with Gasteiger partial charge in [-0.2, -0.15) is 0 Å². The molecule has 20 heavy (non-hydrogen) atoms. The van der Waals surface area contributed by atoms with Crippen molar-refractivity contribution in [1.29, 1.82) is 0 Å². The molecule has 1 aromatic carbocycles. The molecule has 1 aliphatic rings. The number of halogens is 1. The summed E-state index contributed by atoms with van der Waals surface area (Å²) in [7, 11) is -3.45. The van der Waals surface area contributed by atoms with Crippen molar-refractivity contribution in [1.82, 2.24) is 10.0 Å². The van der Waals surface area contributed by atoms with Gasteiger partial charge in [0.1, 0.15) is 4.21 Å². The van der Waals surface area contributed by atoms with E-state index in [4.69, 9.17) is 11.6 Å². The van der Waals surface area contributed by atoms with Crippen molar-refractivity contribution in [3.05, 3.63) is 29.3 Å². The number of piperidine rings is 1. The van der Waals surface area contributed by atoms with Gasteiger partial charge in [0.15, 0.2) is 0 Å². The van der Waals surface area contributed by atoms with Gasteiger partial charge >= 0.3 is 0 Å². The Kier molecular flexibility index (Phi) is 4.01. The number of rotatable bonds is 3. The van der Waals surface area contributed by atoms with Crippen LogP contribution >= 0.6 is 22.9 Å². The molecular formula is C13H15ClN2O2S2. The highest BCUT2D eigenvalue weighted by atomic mass is 35.5. The Morgan fingerprint density at radius 3 is 2.95 bits per heavy atom. The monoisotopic (exact) mass is 330 g/mol. The number of sulfonamides is 1. The minimum atomic E-state index is -3.45. The second-order valence-electron chi connectivity index (χ2n) is 4.91. The summed E-state index contributed by atoms with van der Waals surface area (Å²) in [5, 5.41) is 4.68. The van der Waals surface area contributed by atoms with E-state index in [0.29, 0.717) is 15.8 Å². The Morgan fingerprint density at radius 1 is 1.35 bits per heavy atom. The van der Waals surface area contributed by atoms with E-state index in [2.05, 4.69) is 10.0 Å². The fourth-order valence-electron chi connectivity index (χ4n) is 2.35. The molecule has 1 fully saturated rings. The summed E-state index contributed by atoms with van der Waals surface area (Å²) in [5.74, 6) is 0. The molecule has 3 rings (SSSR count). The van der Waals surface area contributed by atoms with Crippen molar-refractivity contribution >= 4 is 43.0 Å². The van der Waals surface area contributed by atoms with E-state index in [1.165, 1.54) is 11.3 Å². The molecule has 0 amide bonds. The van der Waals surface area contributed by atoms with E-state index in [1.807, 2.05) is 6.07 Å². The quantitative estimate of drug-likeness (QED) is 0.909. The minimum Gasteiger partial charge on any atom is -0.315 e. The third-order valence-electron chi connectivity index (χ3n) is 3.34. The molecule has 0 saturated carbocycles. The Morgan fingerprint density at radius 2 is 2.20 bits per heavy atom. The van der Waals surface area contributed by atoms with Crippen LogP contribution in [0.3, 0.4) is 0 Å². The van der Waals surface area contributed by atoms with E-state index in [-0.39, 0.29) is 6.04 Å². The number of fused-ring (bicyclic) bond motifs is 1. The summed E-state index contributed by atoms with van der Waals surface area (Å²) in [6.45, 7) is 1.65. The first kappa shape index (κ1) is 14.3. The zero-order chi connectivity index (χ0) is 14.2. The van der Waals surface area contributed by atoms with E-state index in [1.54, 1.807) is 18.2 Å². The lowest BCUT2D eigenvalue weighted by atomic mass is 10.1. The predicted molar refractivity (Wildman–Crippen MR) is 83.0 cm³/mol. The van der Waals surface area contributed by atoms with E-state index >= 15 is 0 Å². The maximum atomic E-state index is 12.4. The van der Waals surface area contributed by atoms with Crippen molar-refractivity contribution in [3.8, 4) is 0 Å². The maximum absolute atomic E-state index is 12.4. The molecule has 2 N–H and O–H groups in total. The summed E-state index contributed by atoms with van der Waals surface area (Å²) >= 11 is 7.20. The fraction of sp³-hybridized carbons (Fsp3) is 0.385. The Labute approximate surface area is 127 Å². The van der Waals surface area contributed by atoms with Gasteiger partial charge in [-0.1, -0.05) is 11.6 Å². The first-order valence-corrected chi connectivity index (χ1v) is 9.14. The molecule has 108 valence electrons. The van der Waals surface area contributed by atoms with Gasteiger partial charge in [0.05, 0.1) is 0 Å². The van der Waals surface area contributed by atoms with Crippen molar-refractivity contribution in [2.75, 3.05) is 13.1 Å². The van der Waals surface area contributed by atoms with Crippen LogP contribution in [0.1, 0.15) is 12.8 Å². The number of benzene rings is 1. The Bertz CT molecular complexity index is 721. The molecule has 1 aliphatic heterocycles. The van der Waals surface area contributed by atoms with E-state index in [9.17, 15) is 8.42 Å². The van der Waals surface area contributed by atoms with Gasteiger partial charge in [-0.05, 0) is 49.0 Å². The lowest BCUT2D eigenvalue weighted by Crippen LogP contribution is -2.45. The van der Waals surface area contributed by atoms with E-state index < -0.39 is 10.0 Å². The van der Waals surface area contributed by atoms with Crippen LogP contribution in [0.25, 0.3) is 10.1 Å². The Balaban J connectivity index is 1.88. The molecule has 2 heterocycles. The van der Waals surface area contributed by atoms with Crippen LogP contribution in [0.2, 0.25) is 5.02 Å². The van der Waals surface area contributed by atoms with Crippen LogP contribution in [0, 0.1) is 0 Å². The summed E-state index contributed by atoms with van der Waals surface area (Å²) in [5.41, 5.74) is 0. The largest absolute Gasteiger partial charge is 0.315 e. The molecule has 7 heteroatoms. The first-order valence-electron chi connectivity index (χ1n) is 6.47. The third-order valence-corrected chi connectivity index (χ3v) is 6.68. The number of hydrogen-bond acceptors (Lipinski definition) is 4. The smallest absolute Gasteiger partial charge is 0.250 e. The summed E-state index contributed by atoms with van der Waals surface area (Å²) in [4.78, 5) is 0. The zero-order valence-electron chi connectivity index (χ0n) is 10.7. The normalized spacial score (nSPS) is 20.4. The average Bonchev–Trinajstić information content (AvgIpc) is 2.83. The molecule has 0 aliphatic carbocycles. The fourth-order valence-corrected chi connectivity index (χ4v) is 5.20. The van der Waals surface area contributed by atoms with Gasteiger partial charge in [0.2, 0.25) is 10.0 Å². The molecule has 2 aromatic rings. The molecule has 1 unspecified atom stereocenters. The van der Waals surface area contributed by atoms with Gasteiger partial charge in [0.25, 0.3) is 0 Å². The molecule has 0 radical (unpaired) electrons. The highest BCUT2D eigenvalue weighted by Crippen LogP contribution is 2.31.